The minimum Gasteiger partial charge on any atom is -0.480 e. The van der Waals surface area contributed by atoms with Crippen LogP contribution in [-0.2, 0) is 35.1 Å². The van der Waals surface area contributed by atoms with Crippen LogP contribution in [0.4, 0.5) is 0 Å². The number of hydrogen-bond acceptors (Lipinski definition) is 10. The van der Waals surface area contributed by atoms with Crippen molar-refractivity contribution in [1.29, 1.82) is 0 Å². The molecule has 2 heterocycles. The molecule has 7 N–H and O–H groups in total. The summed E-state index contributed by atoms with van der Waals surface area (Å²) in [5.41, 5.74) is 8.62. The van der Waals surface area contributed by atoms with Gasteiger partial charge in [-0.2, -0.15) is 0 Å². The van der Waals surface area contributed by atoms with Crippen LogP contribution >= 0.6 is 11.8 Å². The molecular formula is C34H44N4O9S. The van der Waals surface area contributed by atoms with Crippen LogP contribution < -0.4 is 16.4 Å². The number of nitrogens with two attached hydrogens (primary N) is 1. The lowest BCUT2D eigenvalue weighted by molar-refractivity contribution is -0.151. The number of esters is 1. The van der Waals surface area contributed by atoms with Gasteiger partial charge in [0.1, 0.15) is 23.8 Å². The number of nitrogens with zero attached hydrogens (tertiary/aromatic N) is 1. The Hall–Kier alpha value is -3.75. The van der Waals surface area contributed by atoms with Gasteiger partial charge in [0.15, 0.2) is 0 Å². The molecular weight excluding hydrogens is 640 g/mol. The molecule has 2 amide bonds. The third-order valence-electron chi connectivity index (χ3n) is 10.6. The standard InChI is InChI=1S/C34H44N4O9S/c1-2-33(10-3-4-11-33)34(48-18-24(28(40)38-29(41)31(44)45)37-25(39)6-5-23(35)30(42)43)12-7-21-16-20(15-19-8-13-36-14-9-19)17-22-26(21)27(34)47-32(22)46/h8-9,13-14,17,21-24,29,41H,2-7,10-12,15-16,18,35H2,1H3,(H,37,39)(H,38,40)(H,42,43)(H,44,45)/t21-,22+,23-,24-,29-,34-/m0/s1. The molecule has 0 radical (unpaired) electrons. The second kappa shape index (κ2) is 14.8. The first-order valence-electron chi connectivity index (χ1n) is 16.6. The third-order valence-corrected chi connectivity index (χ3v) is 12.4. The molecule has 14 heteroatoms. The van der Waals surface area contributed by atoms with Crippen molar-refractivity contribution >= 4 is 41.5 Å². The summed E-state index contributed by atoms with van der Waals surface area (Å²) in [5.74, 6) is -4.49. The van der Waals surface area contributed by atoms with Crippen molar-refractivity contribution < 1.29 is 44.0 Å². The molecule has 4 aliphatic rings. The number of aromatic nitrogens is 1. The summed E-state index contributed by atoms with van der Waals surface area (Å²) < 4.78 is 5.59. The molecule has 260 valence electrons. The second-order valence-electron chi connectivity index (χ2n) is 13.3. The van der Waals surface area contributed by atoms with E-state index in [9.17, 15) is 34.2 Å². The number of aliphatic hydroxyl groups is 1. The largest absolute Gasteiger partial charge is 0.480 e. The van der Waals surface area contributed by atoms with Gasteiger partial charge in [-0.05, 0) is 86.0 Å². The molecule has 13 nitrogen and oxygen atoms in total. The first kappa shape index (κ1) is 35.6. The van der Waals surface area contributed by atoms with Gasteiger partial charge in [0, 0.05) is 24.6 Å². The number of carbonyl (C=O) groups is 5. The van der Waals surface area contributed by atoms with Crippen molar-refractivity contribution in [2.75, 3.05) is 5.75 Å². The van der Waals surface area contributed by atoms with Gasteiger partial charge in [0.25, 0.3) is 0 Å². The van der Waals surface area contributed by atoms with Crippen molar-refractivity contribution in [3.05, 3.63) is 53.1 Å². The Morgan fingerprint density at radius 3 is 2.46 bits per heavy atom. The Balaban J connectivity index is 1.46. The Morgan fingerprint density at radius 1 is 1.10 bits per heavy atom. The molecule has 6 atom stereocenters. The normalized spacial score (nSPS) is 26.1. The van der Waals surface area contributed by atoms with Crippen LogP contribution in [0.1, 0.15) is 76.7 Å². The molecule has 0 aromatic carbocycles. The van der Waals surface area contributed by atoms with Crippen LogP contribution in [0, 0.1) is 17.3 Å². The molecule has 3 aliphatic carbocycles. The van der Waals surface area contributed by atoms with Gasteiger partial charge in [0.2, 0.25) is 18.0 Å². The van der Waals surface area contributed by atoms with E-state index in [0.717, 1.165) is 62.5 Å². The molecule has 1 aliphatic heterocycles. The number of carbonyl (C=O) groups excluding carboxylic acids is 3. The van der Waals surface area contributed by atoms with Crippen molar-refractivity contribution in [3.8, 4) is 0 Å². The average molecular weight is 685 g/mol. The Kier molecular flexibility index (Phi) is 11.0. The molecule has 1 fully saturated rings. The molecule has 1 aromatic rings. The summed E-state index contributed by atoms with van der Waals surface area (Å²) in [4.78, 5) is 66.4. The van der Waals surface area contributed by atoms with E-state index in [2.05, 4.69) is 17.2 Å². The van der Waals surface area contributed by atoms with Gasteiger partial charge in [-0.15, -0.1) is 11.8 Å². The molecule has 0 unspecified atom stereocenters. The number of nitrogens with one attached hydrogen (secondary N) is 2. The lowest BCUT2D eigenvalue weighted by atomic mass is 9.61. The maximum Gasteiger partial charge on any atom is 0.353 e. The molecule has 48 heavy (non-hydrogen) atoms. The summed E-state index contributed by atoms with van der Waals surface area (Å²) in [5, 5.41) is 32.8. The Bertz CT molecular complexity index is 1490. The lowest BCUT2D eigenvalue weighted by Crippen LogP contribution is -2.55. The first-order chi connectivity index (χ1) is 22.9. The number of thioether (sulfide) groups is 1. The second-order valence-corrected chi connectivity index (χ2v) is 14.6. The van der Waals surface area contributed by atoms with Gasteiger partial charge in [-0.1, -0.05) is 31.4 Å². The van der Waals surface area contributed by atoms with Crippen molar-refractivity contribution in [1.82, 2.24) is 15.6 Å². The van der Waals surface area contributed by atoms with Crippen LogP contribution in [0.25, 0.3) is 0 Å². The first-order valence-corrected chi connectivity index (χ1v) is 17.6. The zero-order valence-electron chi connectivity index (χ0n) is 27.0. The number of hydrogen-bond donors (Lipinski definition) is 6. The highest BCUT2D eigenvalue weighted by molar-refractivity contribution is 8.01. The molecule has 0 saturated heterocycles. The predicted octanol–water partition coefficient (Wildman–Crippen LogP) is 2.43. The maximum absolute atomic E-state index is 13.6. The number of ether oxygens (including phenoxy) is 1. The monoisotopic (exact) mass is 684 g/mol. The zero-order chi connectivity index (χ0) is 34.6. The van der Waals surface area contributed by atoms with Crippen LogP contribution in [-0.4, -0.2) is 78.8 Å². The van der Waals surface area contributed by atoms with E-state index >= 15 is 0 Å². The van der Waals surface area contributed by atoms with Crippen molar-refractivity contribution in [3.63, 3.8) is 0 Å². The summed E-state index contributed by atoms with van der Waals surface area (Å²) in [6.45, 7) is 2.13. The van der Waals surface area contributed by atoms with Crippen LogP contribution in [0.2, 0.25) is 0 Å². The van der Waals surface area contributed by atoms with E-state index in [1.807, 2.05) is 23.5 Å². The third kappa shape index (κ3) is 7.15. The minimum atomic E-state index is -2.19. The van der Waals surface area contributed by atoms with E-state index in [4.69, 9.17) is 15.6 Å². The number of rotatable bonds is 15. The lowest BCUT2D eigenvalue weighted by Gasteiger charge is -2.52. The number of carboxylic acid groups (broad SMARTS) is 2. The van der Waals surface area contributed by atoms with Crippen molar-refractivity contribution in [2.24, 2.45) is 23.0 Å². The van der Waals surface area contributed by atoms with E-state index in [0.29, 0.717) is 12.2 Å². The molecule has 0 spiro atoms. The summed E-state index contributed by atoms with van der Waals surface area (Å²) in [7, 11) is 0. The van der Waals surface area contributed by atoms with Crippen LogP contribution in [0.15, 0.2) is 47.5 Å². The van der Waals surface area contributed by atoms with Gasteiger partial charge >= 0.3 is 17.9 Å². The SMILES string of the molecule is CCC1([C@]2(SC[C@H](NC(=O)CC[C@H](N)C(=O)O)C(=O)N[C@@H](O)C(=O)O)CC[C@H]3CC(Cc4ccncc4)=C[C@H]4C(=O)OC2=C34)CCCC1. The van der Waals surface area contributed by atoms with E-state index in [1.165, 1.54) is 17.3 Å². The van der Waals surface area contributed by atoms with E-state index in [1.54, 1.807) is 12.4 Å². The summed E-state index contributed by atoms with van der Waals surface area (Å²) >= 11 is 1.44. The van der Waals surface area contributed by atoms with Gasteiger partial charge < -0.3 is 36.4 Å². The van der Waals surface area contributed by atoms with Gasteiger partial charge in [0.05, 0.1) is 4.75 Å². The Morgan fingerprint density at radius 2 is 1.81 bits per heavy atom. The smallest absolute Gasteiger partial charge is 0.353 e. The van der Waals surface area contributed by atoms with E-state index < -0.39 is 52.7 Å². The topological polar surface area (TPSA) is 218 Å². The molecule has 5 rings (SSSR count). The maximum atomic E-state index is 13.6. The van der Waals surface area contributed by atoms with Crippen LogP contribution in [0.5, 0.6) is 0 Å². The average Bonchev–Trinajstić information content (AvgIpc) is 3.69. The van der Waals surface area contributed by atoms with Crippen LogP contribution in [0.3, 0.4) is 0 Å². The number of aliphatic hydroxyl groups excluding tert-OH is 1. The number of pyridine rings is 1. The van der Waals surface area contributed by atoms with Crippen molar-refractivity contribution in [2.45, 2.75) is 101 Å². The summed E-state index contributed by atoms with van der Waals surface area (Å²) in [6.07, 6.45) is 10.6. The van der Waals surface area contributed by atoms with Gasteiger partial charge in [-0.3, -0.25) is 24.2 Å². The zero-order valence-corrected chi connectivity index (χ0v) is 27.8. The number of amides is 2. The highest BCUT2D eigenvalue weighted by atomic mass is 32.2. The molecule has 0 bridgehead atoms. The predicted molar refractivity (Wildman–Crippen MR) is 175 cm³/mol. The Labute approximate surface area is 283 Å². The number of aliphatic carboxylic acids is 2. The minimum absolute atomic E-state index is 0.0105. The number of allylic oxidation sites excluding steroid dienone is 1. The highest BCUT2D eigenvalue weighted by Crippen LogP contribution is 2.66. The fraction of sp³-hybridized carbons (Fsp3) is 0.588. The molecule has 1 saturated carbocycles. The van der Waals surface area contributed by atoms with E-state index in [-0.39, 0.29) is 35.9 Å². The summed E-state index contributed by atoms with van der Waals surface area (Å²) in [6, 6.07) is 1.39. The molecule has 1 aromatic heterocycles. The van der Waals surface area contributed by atoms with Gasteiger partial charge in [-0.25, -0.2) is 4.79 Å². The number of carboxylic acids is 2. The highest BCUT2D eigenvalue weighted by Gasteiger charge is 2.61. The fourth-order valence-corrected chi connectivity index (χ4v) is 9.94. The quantitative estimate of drug-likeness (QED) is 0.0892. The fourth-order valence-electron chi connectivity index (χ4n) is 8.05.